The van der Waals surface area contributed by atoms with Crippen LogP contribution in [-0.4, -0.2) is 59.1 Å². The molecule has 0 saturated carbocycles. The molecular formula is C16H26N4O. The molecule has 2 fully saturated rings. The lowest BCUT2D eigenvalue weighted by Crippen LogP contribution is -2.47. The van der Waals surface area contributed by atoms with Crippen LogP contribution in [0.4, 0.5) is 0 Å². The normalized spacial score (nSPS) is 26.6. The maximum Gasteiger partial charge on any atom is 0.222 e. The molecule has 21 heavy (non-hydrogen) atoms. The number of H-pyrrole nitrogens is 1. The van der Waals surface area contributed by atoms with Crippen LogP contribution >= 0.6 is 0 Å². The van der Waals surface area contributed by atoms with Crippen LogP contribution in [0.5, 0.6) is 0 Å². The maximum absolute atomic E-state index is 12.4. The lowest BCUT2D eigenvalue weighted by molar-refractivity contribution is -0.134. The van der Waals surface area contributed by atoms with Gasteiger partial charge in [0, 0.05) is 37.7 Å². The number of rotatable bonds is 4. The smallest absolute Gasteiger partial charge is 0.222 e. The molecule has 2 aliphatic rings. The van der Waals surface area contributed by atoms with E-state index in [1.807, 2.05) is 12.4 Å². The summed E-state index contributed by atoms with van der Waals surface area (Å²) in [6, 6.07) is 0. The molecule has 1 aromatic heterocycles. The number of likely N-dealkylation sites (tertiary alicyclic amines) is 2. The standard InChI is InChI=1S/C16H26N4O/c1-19-9-7-16(12-19)6-3-8-20(13-16)15(21)5-2-4-14-10-17-18-11-14/h10-11H,2-9,12-13H2,1H3,(H,17,18)/t16-/m0/s1. The Kier molecular flexibility index (Phi) is 4.29. The predicted molar refractivity (Wildman–Crippen MR) is 81.9 cm³/mol. The molecular weight excluding hydrogens is 264 g/mol. The molecule has 2 saturated heterocycles. The molecule has 1 N–H and O–H groups in total. The van der Waals surface area contributed by atoms with Gasteiger partial charge in [0.2, 0.25) is 5.91 Å². The zero-order valence-electron chi connectivity index (χ0n) is 13.0. The molecule has 0 radical (unpaired) electrons. The third-order valence-electron chi connectivity index (χ3n) is 5.05. The molecule has 1 atom stereocenters. The molecule has 5 nitrogen and oxygen atoms in total. The van der Waals surface area contributed by atoms with E-state index in [0.29, 0.717) is 17.7 Å². The molecule has 3 heterocycles. The fraction of sp³-hybridized carbons (Fsp3) is 0.750. The number of aromatic amines is 1. The number of amides is 1. The van der Waals surface area contributed by atoms with E-state index in [-0.39, 0.29) is 0 Å². The monoisotopic (exact) mass is 290 g/mol. The van der Waals surface area contributed by atoms with Gasteiger partial charge in [-0.05, 0) is 51.3 Å². The number of aryl methyl sites for hydroxylation is 1. The minimum atomic E-state index is 0.340. The fourth-order valence-corrected chi connectivity index (χ4v) is 3.93. The average molecular weight is 290 g/mol. The van der Waals surface area contributed by atoms with Gasteiger partial charge in [-0.1, -0.05) is 0 Å². The van der Waals surface area contributed by atoms with Crippen LogP contribution in [0.2, 0.25) is 0 Å². The van der Waals surface area contributed by atoms with Crippen LogP contribution in [0, 0.1) is 5.41 Å². The Morgan fingerprint density at radius 1 is 1.38 bits per heavy atom. The van der Waals surface area contributed by atoms with Crippen LogP contribution in [0.3, 0.4) is 0 Å². The molecule has 116 valence electrons. The molecule has 3 rings (SSSR count). The Morgan fingerprint density at radius 2 is 2.29 bits per heavy atom. The Hall–Kier alpha value is -1.36. The first-order valence-electron chi connectivity index (χ1n) is 8.11. The van der Waals surface area contributed by atoms with Crippen LogP contribution in [0.1, 0.15) is 37.7 Å². The highest BCUT2D eigenvalue weighted by Gasteiger charge is 2.41. The predicted octanol–water partition coefficient (Wildman–Crippen LogP) is 1.68. The molecule has 1 spiro atoms. The minimum Gasteiger partial charge on any atom is -0.342 e. The summed E-state index contributed by atoms with van der Waals surface area (Å²) in [5.74, 6) is 0.340. The van der Waals surface area contributed by atoms with Gasteiger partial charge >= 0.3 is 0 Å². The summed E-state index contributed by atoms with van der Waals surface area (Å²) in [5.41, 5.74) is 1.57. The lowest BCUT2D eigenvalue weighted by Gasteiger charge is -2.40. The van der Waals surface area contributed by atoms with Crippen molar-refractivity contribution in [2.24, 2.45) is 5.41 Å². The van der Waals surface area contributed by atoms with Crippen LogP contribution in [0.15, 0.2) is 12.4 Å². The highest BCUT2D eigenvalue weighted by molar-refractivity contribution is 5.76. The molecule has 0 bridgehead atoms. The fourth-order valence-electron chi connectivity index (χ4n) is 3.93. The number of aromatic nitrogens is 2. The van der Waals surface area contributed by atoms with E-state index in [9.17, 15) is 4.79 Å². The number of piperidine rings is 1. The SMILES string of the molecule is CN1CC[C@@]2(CCCN(C(=O)CCCc3cn[nH]c3)C2)C1. The van der Waals surface area contributed by atoms with Crippen molar-refractivity contribution in [3.8, 4) is 0 Å². The Morgan fingerprint density at radius 3 is 3.00 bits per heavy atom. The second kappa shape index (κ2) is 6.18. The first-order valence-corrected chi connectivity index (χ1v) is 8.11. The van der Waals surface area contributed by atoms with Crippen LogP contribution in [0.25, 0.3) is 0 Å². The van der Waals surface area contributed by atoms with Gasteiger partial charge in [0.25, 0.3) is 0 Å². The van der Waals surface area contributed by atoms with Gasteiger partial charge < -0.3 is 9.80 Å². The summed E-state index contributed by atoms with van der Waals surface area (Å²) < 4.78 is 0. The number of hydrogen-bond donors (Lipinski definition) is 1. The third-order valence-corrected chi connectivity index (χ3v) is 5.05. The first kappa shape index (κ1) is 14.6. The van der Waals surface area contributed by atoms with E-state index in [1.165, 1.54) is 31.4 Å². The molecule has 0 unspecified atom stereocenters. The summed E-state index contributed by atoms with van der Waals surface area (Å²) in [6.45, 7) is 4.27. The second-order valence-corrected chi connectivity index (χ2v) is 6.87. The van der Waals surface area contributed by atoms with Gasteiger partial charge in [0.15, 0.2) is 0 Å². The molecule has 1 amide bonds. The van der Waals surface area contributed by atoms with Gasteiger partial charge in [-0.25, -0.2) is 0 Å². The molecule has 0 aromatic carbocycles. The van der Waals surface area contributed by atoms with Gasteiger partial charge in [-0.15, -0.1) is 0 Å². The number of nitrogens with one attached hydrogen (secondary N) is 1. The highest BCUT2D eigenvalue weighted by Crippen LogP contribution is 2.38. The Bertz CT molecular complexity index is 469. The summed E-state index contributed by atoms with van der Waals surface area (Å²) in [5, 5.41) is 6.76. The number of hydrogen-bond acceptors (Lipinski definition) is 3. The average Bonchev–Trinajstić information content (AvgIpc) is 3.10. The zero-order valence-corrected chi connectivity index (χ0v) is 13.0. The summed E-state index contributed by atoms with van der Waals surface area (Å²) >= 11 is 0. The maximum atomic E-state index is 12.4. The van der Waals surface area contributed by atoms with Crippen LogP contribution in [-0.2, 0) is 11.2 Å². The third kappa shape index (κ3) is 3.46. The van der Waals surface area contributed by atoms with E-state index in [4.69, 9.17) is 0 Å². The van der Waals surface area contributed by atoms with Gasteiger partial charge in [-0.3, -0.25) is 9.89 Å². The van der Waals surface area contributed by atoms with Crippen molar-refractivity contribution in [2.45, 2.75) is 38.5 Å². The highest BCUT2D eigenvalue weighted by atomic mass is 16.2. The van der Waals surface area contributed by atoms with Crippen molar-refractivity contribution in [1.29, 1.82) is 0 Å². The van der Waals surface area contributed by atoms with E-state index in [2.05, 4.69) is 27.0 Å². The molecule has 5 heteroatoms. The summed E-state index contributed by atoms with van der Waals surface area (Å²) in [4.78, 5) is 17.0. The van der Waals surface area contributed by atoms with Crippen molar-refractivity contribution in [3.05, 3.63) is 18.0 Å². The van der Waals surface area contributed by atoms with Crippen molar-refractivity contribution in [2.75, 3.05) is 33.2 Å². The van der Waals surface area contributed by atoms with E-state index < -0.39 is 0 Å². The van der Waals surface area contributed by atoms with Crippen molar-refractivity contribution in [1.82, 2.24) is 20.0 Å². The second-order valence-electron chi connectivity index (χ2n) is 6.87. The zero-order chi connectivity index (χ0) is 14.7. The van der Waals surface area contributed by atoms with E-state index in [1.54, 1.807) is 0 Å². The summed E-state index contributed by atoms with van der Waals surface area (Å²) in [7, 11) is 2.19. The largest absolute Gasteiger partial charge is 0.342 e. The quantitative estimate of drug-likeness (QED) is 0.918. The van der Waals surface area contributed by atoms with E-state index in [0.717, 1.165) is 32.5 Å². The number of nitrogens with zero attached hydrogens (tertiary/aromatic N) is 3. The Labute approximate surface area is 126 Å². The minimum absolute atomic E-state index is 0.340. The van der Waals surface area contributed by atoms with Gasteiger partial charge in [0.05, 0.1) is 6.20 Å². The van der Waals surface area contributed by atoms with Crippen LogP contribution < -0.4 is 0 Å². The molecule has 1 aromatic rings. The first-order chi connectivity index (χ1) is 10.2. The number of carbonyl (C=O) groups excluding carboxylic acids is 1. The lowest BCUT2D eigenvalue weighted by atomic mass is 9.79. The Balaban J connectivity index is 1.48. The molecule has 0 aliphatic carbocycles. The van der Waals surface area contributed by atoms with Crippen molar-refractivity contribution < 1.29 is 4.79 Å². The summed E-state index contributed by atoms with van der Waals surface area (Å²) in [6.07, 6.45) is 9.98. The van der Waals surface area contributed by atoms with E-state index >= 15 is 0 Å². The molecule has 2 aliphatic heterocycles. The van der Waals surface area contributed by atoms with Crippen molar-refractivity contribution in [3.63, 3.8) is 0 Å². The van der Waals surface area contributed by atoms with Crippen molar-refractivity contribution >= 4 is 5.91 Å². The topological polar surface area (TPSA) is 52.2 Å². The van der Waals surface area contributed by atoms with Gasteiger partial charge in [0.1, 0.15) is 0 Å². The van der Waals surface area contributed by atoms with Gasteiger partial charge in [-0.2, -0.15) is 5.10 Å². The number of carbonyl (C=O) groups is 1.